The number of carbonyl (C=O) groups excluding carboxylic acids is 1. The van der Waals surface area contributed by atoms with Gasteiger partial charge in [-0.2, -0.15) is 0 Å². The first-order chi connectivity index (χ1) is 10.7. The first kappa shape index (κ1) is 16.2. The zero-order valence-electron chi connectivity index (χ0n) is 12.5. The van der Waals surface area contributed by atoms with Crippen LogP contribution < -0.4 is 0 Å². The van der Waals surface area contributed by atoms with Crippen LogP contribution in [0.2, 0.25) is 0 Å². The van der Waals surface area contributed by atoms with Crippen molar-refractivity contribution in [1.82, 2.24) is 9.88 Å². The highest BCUT2D eigenvalue weighted by Gasteiger charge is 2.64. The molecule has 1 aromatic rings. The summed E-state index contributed by atoms with van der Waals surface area (Å²) in [6, 6.07) is 0.607. The van der Waals surface area contributed by atoms with Gasteiger partial charge in [0.15, 0.2) is 11.6 Å². The topological polar surface area (TPSA) is 53.4 Å². The third kappa shape index (κ3) is 2.31. The molecule has 2 fully saturated rings. The molecule has 8 heteroatoms. The smallest absolute Gasteiger partial charge is 0.292 e. The monoisotopic (exact) mass is 332 g/mol. The second-order valence-electron chi connectivity index (χ2n) is 6.25. The number of likely N-dealkylation sites (tertiary alicyclic amines) is 1. The van der Waals surface area contributed by atoms with Crippen molar-refractivity contribution < 1.29 is 27.5 Å². The molecule has 1 aromatic heterocycles. The van der Waals surface area contributed by atoms with E-state index in [1.54, 1.807) is 0 Å². The molecule has 1 atom stereocenters. The Hall–Kier alpha value is -1.70. The maximum atomic E-state index is 14.0. The predicted molar refractivity (Wildman–Crippen MR) is 72.1 cm³/mol. The number of carbonyl (C=O) groups is 1. The van der Waals surface area contributed by atoms with Crippen molar-refractivity contribution in [3.05, 3.63) is 29.1 Å². The summed E-state index contributed by atoms with van der Waals surface area (Å²) in [6.07, 6.45) is -0.244. The summed E-state index contributed by atoms with van der Waals surface area (Å²) in [4.78, 5) is 17.2. The van der Waals surface area contributed by atoms with Crippen LogP contribution in [0.25, 0.3) is 0 Å². The van der Waals surface area contributed by atoms with Gasteiger partial charge in [-0.25, -0.2) is 22.5 Å². The third-order valence-corrected chi connectivity index (χ3v) is 4.83. The Morgan fingerprint density at radius 1 is 1.35 bits per heavy atom. The molecule has 1 saturated heterocycles. The first-order valence-electron chi connectivity index (χ1n) is 7.39. The summed E-state index contributed by atoms with van der Waals surface area (Å²) < 4.78 is 54.8. The van der Waals surface area contributed by atoms with Crippen molar-refractivity contribution in [3.8, 4) is 0 Å². The molecule has 2 aliphatic rings. The molecule has 23 heavy (non-hydrogen) atoms. The van der Waals surface area contributed by atoms with Gasteiger partial charge in [0.25, 0.3) is 11.8 Å². The summed E-state index contributed by atoms with van der Waals surface area (Å²) in [6.45, 7) is 0.237. The largest absolute Gasteiger partial charge is 0.384 e. The zero-order chi connectivity index (χ0) is 17.0. The fourth-order valence-electron chi connectivity index (χ4n) is 3.67. The van der Waals surface area contributed by atoms with Crippen molar-refractivity contribution in [2.45, 2.75) is 50.2 Å². The molecule has 2 heterocycles. The van der Waals surface area contributed by atoms with Gasteiger partial charge in [0.2, 0.25) is 0 Å². The standard InChI is InChI=1S/C15H16F4N2O2/c1-8-11(17)9(16)6-10(20-8)12(22)21-7-15(18,19)13(23)14(21)4-2-3-5-14/h6,13,23H,2-5,7H2,1H3. The summed E-state index contributed by atoms with van der Waals surface area (Å²) >= 11 is 0. The van der Waals surface area contributed by atoms with E-state index in [0.717, 1.165) is 4.90 Å². The molecule has 0 aromatic carbocycles. The van der Waals surface area contributed by atoms with Crippen molar-refractivity contribution in [2.24, 2.45) is 0 Å². The first-order valence-corrected chi connectivity index (χ1v) is 7.39. The highest BCUT2D eigenvalue weighted by Crippen LogP contribution is 2.49. The Morgan fingerprint density at radius 2 is 1.96 bits per heavy atom. The van der Waals surface area contributed by atoms with E-state index in [9.17, 15) is 27.5 Å². The number of rotatable bonds is 1. The Bertz CT molecular complexity index is 636. The Balaban J connectivity index is 2.01. The van der Waals surface area contributed by atoms with E-state index in [4.69, 9.17) is 0 Å². The normalized spacial score (nSPS) is 25.3. The van der Waals surface area contributed by atoms with Crippen LogP contribution in [0.5, 0.6) is 0 Å². The molecule has 3 rings (SSSR count). The van der Waals surface area contributed by atoms with Crippen LogP contribution in [0.1, 0.15) is 41.9 Å². The molecular weight excluding hydrogens is 316 g/mol. The van der Waals surface area contributed by atoms with E-state index < -0.39 is 47.3 Å². The van der Waals surface area contributed by atoms with Gasteiger partial charge in [-0.05, 0) is 19.8 Å². The lowest BCUT2D eigenvalue weighted by Gasteiger charge is -2.36. The average molecular weight is 332 g/mol. The van der Waals surface area contributed by atoms with E-state index in [1.165, 1.54) is 6.92 Å². The molecule has 126 valence electrons. The van der Waals surface area contributed by atoms with Gasteiger partial charge in [0.1, 0.15) is 11.8 Å². The van der Waals surface area contributed by atoms with Crippen LogP contribution in [-0.4, -0.2) is 45.0 Å². The lowest BCUT2D eigenvalue weighted by Crippen LogP contribution is -2.52. The summed E-state index contributed by atoms with van der Waals surface area (Å²) in [5.41, 5.74) is -2.11. The molecule has 1 aliphatic heterocycles. The van der Waals surface area contributed by atoms with Gasteiger partial charge in [-0.15, -0.1) is 0 Å². The fourth-order valence-corrected chi connectivity index (χ4v) is 3.67. The second-order valence-corrected chi connectivity index (χ2v) is 6.25. The third-order valence-electron chi connectivity index (χ3n) is 4.83. The number of hydrogen-bond acceptors (Lipinski definition) is 3. The zero-order valence-corrected chi connectivity index (χ0v) is 12.5. The molecule has 0 bridgehead atoms. The number of aliphatic hydroxyl groups is 1. The number of aryl methyl sites for hydroxylation is 1. The summed E-state index contributed by atoms with van der Waals surface area (Å²) in [5, 5.41) is 10.0. The van der Waals surface area contributed by atoms with Gasteiger partial charge in [-0.3, -0.25) is 4.79 Å². The molecular formula is C15H16F4N2O2. The van der Waals surface area contributed by atoms with Gasteiger partial charge in [0, 0.05) is 6.07 Å². The van der Waals surface area contributed by atoms with Crippen molar-refractivity contribution in [2.75, 3.05) is 6.54 Å². The van der Waals surface area contributed by atoms with Crippen LogP contribution in [0, 0.1) is 18.6 Å². The van der Waals surface area contributed by atoms with E-state index in [2.05, 4.69) is 4.98 Å². The molecule has 1 spiro atoms. The van der Waals surface area contributed by atoms with Gasteiger partial charge < -0.3 is 10.0 Å². The van der Waals surface area contributed by atoms with Crippen LogP contribution in [0.4, 0.5) is 17.6 Å². The predicted octanol–water partition coefficient (Wildman–Crippen LogP) is 2.43. The van der Waals surface area contributed by atoms with E-state index in [-0.39, 0.29) is 18.5 Å². The number of alkyl halides is 2. The van der Waals surface area contributed by atoms with Gasteiger partial charge in [-0.1, -0.05) is 12.8 Å². The highest BCUT2D eigenvalue weighted by molar-refractivity contribution is 5.93. The van der Waals surface area contributed by atoms with E-state index >= 15 is 0 Å². The minimum Gasteiger partial charge on any atom is -0.384 e. The van der Waals surface area contributed by atoms with E-state index in [1.807, 2.05) is 0 Å². The summed E-state index contributed by atoms with van der Waals surface area (Å²) in [5.74, 6) is -6.78. The fraction of sp³-hybridized carbons (Fsp3) is 0.600. The van der Waals surface area contributed by atoms with Gasteiger partial charge in [0.05, 0.1) is 17.8 Å². The number of amides is 1. The average Bonchev–Trinajstić information content (AvgIpc) is 3.05. The van der Waals surface area contributed by atoms with Crippen molar-refractivity contribution >= 4 is 5.91 Å². The Morgan fingerprint density at radius 3 is 2.52 bits per heavy atom. The van der Waals surface area contributed by atoms with Gasteiger partial charge >= 0.3 is 0 Å². The SMILES string of the molecule is Cc1nc(C(=O)N2CC(F)(F)C(O)C23CCCC3)cc(F)c1F. The number of pyridine rings is 1. The molecule has 1 amide bonds. The number of nitrogens with zero attached hydrogens (tertiary/aromatic N) is 2. The Kier molecular flexibility index (Phi) is 3.62. The number of halogens is 4. The highest BCUT2D eigenvalue weighted by atomic mass is 19.3. The lowest BCUT2D eigenvalue weighted by atomic mass is 9.90. The molecule has 1 aliphatic carbocycles. The molecule has 1 unspecified atom stereocenters. The lowest BCUT2D eigenvalue weighted by molar-refractivity contribution is -0.0959. The van der Waals surface area contributed by atoms with Crippen molar-refractivity contribution in [1.29, 1.82) is 0 Å². The van der Waals surface area contributed by atoms with Crippen LogP contribution in [0.15, 0.2) is 6.07 Å². The quantitative estimate of drug-likeness (QED) is 0.804. The second kappa shape index (κ2) is 5.15. The number of hydrogen-bond donors (Lipinski definition) is 1. The van der Waals surface area contributed by atoms with Crippen LogP contribution >= 0.6 is 0 Å². The Labute approximate surface area is 130 Å². The van der Waals surface area contributed by atoms with Crippen LogP contribution in [-0.2, 0) is 0 Å². The van der Waals surface area contributed by atoms with E-state index in [0.29, 0.717) is 18.9 Å². The minimum absolute atomic E-state index is 0.248. The molecule has 4 nitrogen and oxygen atoms in total. The molecule has 1 N–H and O–H groups in total. The van der Waals surface area contributed by atoms with Crippen LogP contribution in [0.3, 0.4) is 0 Å². The van der Waals surface area contributed by atoms with Crippen molar-refractivity contribution in [3.63, 3.8) is 0 Å². The number of aromatic nitrogens is 1. The molecule has 0 radical (unpaired) electrons. The summed E-state index contributed by atoms with van der Waals surface area (Å²) in [7, 11) is 0. The molecule has 1 saturated carbocycles. The maximum Gasteiger partial charge on any atom is 0.292 e. The maximum absolute atomic E-state index is 14.0. The number of aliphatic hydroxyl groups excluding tert-OH is 1. The minimum atomic E-state index is -3.44.